The second-order valence-electron chi connectivity index (χ2n) is 8.40. The van der Waals surface area contributed by atoms with Crippen LogP contribution in [-0.4, -0.2) is 63.1 Å². The van der Waals surface area contributed by atoms with Crippen LogP contribution in [0.25, 0.3) is 0 Å². The van der Waals surface area contributed by atoms with E-state index in [1.165, 1.54) is 30.4 Å². The van der Waals surface area contributed by atoms with Crippen LogP contribution in [0.3, 0.4) is 0 Å². The molecule has 1 saturated heterocycles. The SMILES string of the molecule is CNC(=O)[C@@H]1CN(C(=O)C2CCN(S(=O)(=O)c3cccc(C(C)=O)c3)CC2)c2ccccc2O1. The zero-order valence-corrected chi connectivity index (χ0v) is 19.9. The summed E-state index contributed by atoms with van der Waals surface area (Å²) in [4.78, 5) is 39.0. The highest BCUT2D eigenvalue weighted by Crippen LogP contribution is 2.35. The molecule has 0 aromatic heterocycles. The predicted molar refractivity (Wildman–Crippen MR) is 125 cm³/mol. The lowest BCUT2D eigenvalue weighted by Crippen LogP contribution is -2.52. The van der Waals surface area contributed by atoms with Crippen LogP contribution in [0.4, 0.5) is 5.69 Å². The lowest BCUT2D eigenvalue weighted by Gasteiger charge is -2.38. The van der Waals surface area contributed by atoms with Gasteiger partial charge in [-0.05, 0) is 44.0 Å². The van der Waals surface area contributed by atoms with E-state index in [0.717, 1.165) is 0 Å². The van der Waals surface area contributed by atoms with Crippen LogP contribution in [0.1, 0.15) is 30.1 Å². The van der Waals surface area contributed by atoms with E-state index in [0.29, 0.717) is 29.8 Å². The number of ketones is 1. The number of fused-ring (bicyclic) bond motifs is 1. The van der Waals surface area contributed by atoms with Crippen molar-refractivity contribution in [2.24, 2.45) is 5.92 Å². The normalized spacial score (nSPS) is 19.1. The maximum atomic E-state index is 13.5. The number of nitrogens with zero attached hydrogens (tertiary/aromatic N) is 2. The molecular weight excluding hydrogens is 458 g/mol. The number of hydrogen-bond acceptors (Lipinski definition) is 6. The molecular formula is C24H27N3O6S. The van der Waals surface area contributed by atoms with Gasteiger partial charge in [-0.2, -0.15) is 4.31 Å². The zero-order valence-electron chi connectivity index (χ0n) is 19.1. The number of likely N-dealkylation sites (N-methyl/N-ethyl adjacent to an activating group) is 1. The number of carbonyl (C=O) groups is 3. The van der Waals surface area contributed by atoms with Crippen LogP contribution >= 0.6 is 0 Å². The summed E-state index contributed by atoms with van der Waals surface area (Å²) < 4.78 is 33.4. The zero-order chi connectivity index (χ0) is 24.5. The van der Waals surface area contributed by atoms with Crippen molar-refractivity contribution in [2.45, 2.75) is 30.8 Å². The number of carbonyl (C=O) groups excluding carboxylic acids is 3. The molecule has 0 unspecified atom stereocenters. The second kappa shape index (κ2) is 9.55. The first-order chi connectivity index (χ1) is 16.2. The van der Waals surface area contributed by atoms with E-state index in [9.17, 15) is 22.8 Å². The molecule has 0 aliphatic carbocycles. The summed E-state index contributed by atoms with van der Waals surface area (Å²) in [7, 11) is -2.27. The Hall–Kier alpha value is -3.24. The number of hydrogen-bond donors (Lipinski definition) is 1. The minimum atomic E-state index is -3.78. The van der Waals surface area contributed by atoms with Crippen LogP contribution in [0.2, 0.25) is 0 Å². The molecule has 2 heterocycles. The number of rotatable bonds is 5. The third-order valence-corrected chi connectivity index (χ3v) is 8.15. The number of piperidine rings is 1. The van der Waals surface area contributed by atoms with Gasteiger partial charge in [-0.1, -0.05) is 24.3 Å². The molecule has 2 amide bonds. The Kier molecular flexibility index (Phi) is 6.72. The van der Waals surface area contributed by atoms with Gasteiger partial charge in [-0.25, -0.2) is 8.42 Å². The highest BCUT2D eigenvalue weighted by atomic mass is 32.2. The van der Waals surface area contributed by atoms with Crippen LogP contribution in [0.5, 0.6) is 5.75 Å². The lowest BCUT2D eigenvalue weighted by atomic mass is 9.95. The number of para-hydroxylation sites is 2. The molecule has 0 spiro atoms. The maximum Gasteiger partial charge on any atom is 0.262 e. The van der Waals surface area contributed by atoms with Crippen LogP contribution < -0.4 is 15.0 Å². The minimum absolute atomic E-state index is 0.0699. The van der Waals surface area contributed by atoms with E-state index >= 15 is 0 Å². The van der Waals surface area contributed by atoms with Crippen molar-refractivity contribution >= 4 is 33.3 Å². The Balaban J connectivity index is 1.49. The summed E-state index contributed by atoms with van der Waals surface area (Å²) in [5, 5.41) is 2.56. The monoisotopic (exact) mass is 485 g/mol. The van der Waals surface area contributed by atoms with Crippen molar-refractivity contribution < 1.29 is 27.5 Å². The van der Waals surface area contributed by atoms with E-state index in [1.807, 2.05) is 0 Å². The summed E-state index contributed by atoms with van der Waals surface area (Å²) in [6.45, 7) is 1.86. The Bertz CT molecular complexity index is 1220. The van der Waals surface area contributed by atoms with Gasteiger partial charge in [-0.15, -0.1) is 0 Å². The third kappa shape index (κ3) is 4.55. The first-order valence-corrected chi connectivity index (χ1v) is 12.6. The molecule has 0 bridgehead atoms. The highest BCUT2D eigenvalue weighted by molar-refractivity contribution is 7.89. The molecule has 1 N–H and O–H groups in total. The summed E-state index contributed by atoms with van der Waals surface area (Å²) >= 11 is 0. The summed E-state index contributed by atoms with van der Waals surface area (Å²) in [6, 6.07) is 13.1. The van der Waals surface area contributed by atoms with Crippen LogP contribution in [-0.2, 0) is 19.6 Å². The molecule has 0 radical (unpaired) electrons. The fraction of sp³-hybridized carbons (Fsp3) is 0.375. The van der Waals surface area contributed by atoms with Gasteiger partial charge in [-0.3, -0.25) is 14.4 Å². The summed E-state index contributed by atoms with van der Waals surface area (Å²) in [6.07, 6.45) is -0.110. The quantitative estimate of drug-likeness (QED) is 0.647. The molecule has 1 fully saturated rings. The van der Waals surface area contributed by atoms with Crippen molar-refractivity contribution in [1.82, 2.24) is 9.62 Å². The molecule has 34 heavy (non-hydrogen) atoms. The number of amides is 2. The summed E-state index contributed by atoms with van der Waals surface area (Å²) in [5.74, 6) is -0.601. The topological polar surface area (TPSA) is 113 Å². The molecule has 10 heteroatoms. The van der Waals surface area contributed by atoms with E-state index in [2.05, 4.69) is 5.32 Å². The van der Waals surface area contributed by atoms with Gasteiger partial charge in [0.15, 0.2) is 11.9 Å². The van der Waals surface area contributed by atoms with Gasteiger partial charge in [0.2, 0.25) is 15.9 Å². The average Bonchev–Trinajstić information content (AvgIpc) is 2.87. The van der Waals surface area contributed by atoms with E-state index in [-0.39, 0.29) is 48.0 Å². The molecule has 4 rings (SSSR count). The molecule has 9 nitrogen and oxygen atoms in total. The Morgan fingerprint density at radius 1 is 1.03 bits per heavy atom. The van der Waals surface area contributed by atoms with Gasteiger partial charge in [0.1, 0.15) is 5.75 Å². The number of Topliss-reactive ketones (excluding diaryl/α,β-unsaturated/α-hetero) is 1. The predicted octanol–water partition coefficient (Wildman–Crippen LogP) is 1.83. The number of anilines is 1. The Morgan fingerprint density at radius 3 is 2.41 bits per heavy atom. The van der Waals surface area contributed by atoms with Crippen molar-refractivity contribution in [3.05, 3.63) is 54.1 Å². The van der Waals surface area contributed by atoms with Crippen molar-refractivity contribution in [3.63, 3.8) is 0 Å². The van der Waals surface area contributed by atoms with Gasteiger partial charge in [0.05, 0.1) is 17.1 Å². The molecule has 2 aromatic rings. The Labute approximate surface area is 198 Å². The smallest absolute Gasteiger partial charge is 0.262 e. The molecule has 2 aromatic carbocycles. The van der Waals surface area contributed by atoms with Gasteiger partial charge >= 0.3 is 0 Å². The molecule has 1 atom stereocenters. The molecule has 2 aliphatic rings. The number of benzene rings is 2. The first kappa shape index (κ1) is 23.9. The van der Waals surface area contributed by atoms with Crippen molar-refractivity contribution in [3.8, 4) is 5.75 Å². The first-order valence-electron chi connectivity index (χ1n) is 11.1. The van der Waals surface area contributed by atoms with E-state index in [1.54, 1.807) is 41.3 Å². The molecule has 2 aliphatic heterocycles. The van der Waals surface area contributed by atoms with Gasteiger partial charge < -0.3 is 15.0 Å². The van der Waals surface area contributed by atoms with Crippen LogP contribution in [0.15, 0.2) is 53.4 Å². The van der Waals surface area contributed by atoms with Gasteiger partial charge in [0, 0.05) is 31.6 Å². The fourth-order valence-corrected chi connectivity index (χ4v) is 5.84. The Morgan fingerprint density at radius 2 is 1.74 bits per heavy atom. The number of sulfonamides is 1. The maximum absolute atomic E-state index is 13.5. The average molecular weight is 486 g/mol. The molecule has 0 saturated carbocycles. The van der Waals surface area contributed by atoms with Crippen molar-refractivity contribution in [1.29, 1.82) is 0 Å². The number of nitrogens with one attached hydrogen (secondary N) is 1. The lowest BCUT2D eigenvalue weighted by molar-refractivity contribution is -0.128. The minimum Gasteiger partial charge on any atom is -0.477 e. The fourth-order valence-electron chi connectivity index (χ4n) is 4.33. The summed E-state index contributed by atoms with van der Waals surface area (Å²) in [5.41, 5.74) is 0.937. The highest BCUT2D eigenvalue weighted by Gasteiger charge is 2.38. The largest absolute Gasteiger partial charge is 0.477 e. The molecule has 180 valence electrons. The second-order valence-corrected chi connectivity index (χ2v) is 10.3. The third-order valence-electron chi connectivity index (χ3n) is 6.26. The number of ether oxygens (including phenoxy) is 1. The standard InChI is InChI=1S/C24H27N3O6S/c1-16(28)18-6-5-7-19(14-18)34(31,32)26-12-10-17(11-13-26)24(30)27-15-22(23(29)25-2)33-21-9-4-3-8-20(21)27/h3-9,14,17,22H,10-13,15H2,1-2H3,(H,25,29)/t22-/m0/s1. The van der Waals surface area contributed by atoms with E-state index in [4.69, 9.17) is 4.74 Å². The van der Waals surface area contributed by atoms with Crippen LogP contribution in [0, 0.1) is 5.92 Å². The van der Waals surface area contributed by atoms with Crippen molar-refractivity contribution in [2.75, 3.05) is 31.6 Å². The van der Waals surface area contributed by atoms with Gasteiger partial charge in [0.25, 0.3) is 5.91 Å². The van der Waals surface area contributed by atoms with E-state index < -0.39 is 16.1 Å².